The van der Waals surface area contributed by atoms with Crippen molar-refractivity contribution in [3.63, 3.8) is 0 Å². The summed E-state index contributed by atoms with van der Waals surface area (Å²) in [5.74, 6) is 1.74. The average Bonchev–Trinajstić information content (AvgIpc) is 3.43. The van der Waals surface area contributed by atoms with E-state index >= 15 is 0 Å². The molecule has 3 nitrogen and oxygen atoms in total. The van der Waals surface area contributed by atoms with Crippen LogP contribution in [0.1, 0.15) is 46.2 Å². The van der Waals surface area contributed by atoms with Gasteiger partial charge in [-0.1, -0.05) is 81.6 Å². The molecular weight excluding hydrogens is 556 g/mol. The van der Waals surface area contributed by atoms with Gasteiger partial charge in [-0.05, 0) is 84.5 Å². The van der Waals surface area contributed by atoms with Crippen LogP contribution in [0.2, 0.25) is 5.02 Å². The normalized spacial score (nSPS) is 19.7. The maximum Gasteiger partial charge on any atom is 0.128 e. The molecule has 4 aromatic rings. The number of aliphatic imine (C=N–C) groups is 1. The van der Waals surface area contributed by atoms with Crippen LogP contribution in [-0.2, 0) is 6.61 Å². The Morgan fingerprint density at radius 2 is 1.82 bits per heavy atom. The fourth-order valence-electron chi connectivity index (χ4n) is 5.45. The molecule has 0 spiro atoms. The first-order valence-corrected chi connectivity index (χ1v) is 14.1. The van der Waals surface area contributed by atoms with E-state index in [1.165, 1.54) is 22.4 Å². The molecule has 1 N–H and O–H groups in total. The summed E-state index contributed by atoms with van der Waals surface area (Å²) in [5.41, 5.74) is 8.09. The molecule has 0 aromatic heterocycles. The zero-order chi connectivity index (χ0) is 26.1. The maximum absolute atomic E-state index is 6.29. The zero-order valence-electron chi connectivity index (χ0n) is 21.1. The quantitative estimate of drug-likeness (QED) is 0.181. The molecule has 4 aromatic carbocycles. The lowest BCUT2D eigenvalue weighted by atomic mass is 9.76. The van der Waals surface area contributed by atoms with Crippen molar-refractivity contribution in [3.05, 3.63) is 134 Å². The van der Waals surface area contributed by atoms with Gasteiger partial charge in [0, 0.05) is 32.9 Å². The number of hydrogen-bond acceptors (Lipinski definition) is 3. The van der Waals surface area contributed by atoms with Crippen molar-refractivity contribution in [1.29, 1.82) is 0 Å². The van der Waals surface area contributed by atoms with Gasteiger partial charge in [-0.2, -0.15) is 0 Å². The van der Waals surface area contributed by atoms with Crippen molar-refractivity contribution in [2.75, 3.05) is 5.32 Å². The molecule has 190 valence electrons. The van der Waals surface area contributed by atoms with E-state index in [1.54, 1.807) is 0 Å². The lowest BCUT2D eigenvalue weighted by molar-refractivity contribution is 0.306. The Bertz CT molecular complexity index is 1510. The lowest BCUT2D eigenvalue weighted by Crippen LogP contribution is -2.29. The van der Waals surface area contributed by atoms with Crippen LogP contribution in [0, 0.1) is 12.8 Å². The van der Waals surface area contributed by atoms with Crippen molar-refractivity contribution < 1.29 is 4.74 Å². The summed E-state index contributed by atoms with van der Waals surface area (Å²) < 4.78 is 7.15. The molecule has 1 aliphatic carbocycles. The topological polar surface area (TPSA) is 33.6 Å². The standard InChI is InChI=1S/C33H28BrClN2O/c1-21-5-15-31-30(17-21)28-3-2-4-29(28)33(37-31)23-8-13-27(14-9-23)36-19-24-18-26(35)12-16-32(24)38-20-22-6-10-25(34)11-7-22/h2-3,5-19,28-29,33,37H,4,20H2,1H3/t28-,29-,33+/m1/s1. The largest absolute Gasteiger partial charge is 0.488 e. The van der Waals surface area contributed by atoms with E-state index in [0.717, 1.165) is 33.5 Å². The van der Waals surface area contributed by atoms with Crippen LogP contribution in [0.4, 0.5) is 11.4 Å². The lowest BCUT2D eigenvalue weighted by Gasteiger charge is -2.37. The molecule has 3 atom stereocenters. The number of anilines is 1. The van der Waals surface area contributed by atoms with E-state index in [2.05, 4.69) is 82.8 Å². The summed E-state index contributed by atoms with van der Waals surface area (Å²) in [7, 11) is 0. The van der Waals surface area contributed by atoms with Gasteiger partial charge in [-0.3, -0.25) is 4.99 Å². The molecule has 0 radical (unpaired) electrons. The van der Waals surface area contributed by atoms with Gasteiger partial charge in [0.05, 0.1) is 11.7 Å². The Hall–Kier alpha value is -3.34. The van der Waals surface area contributed by atoms with E-state index in [-0.39, 0.29) is 6.04 Å². The summed E-state index contributed by atoms with van der Waals surface area (Å²) in [5, 5.41) is 4.47. The smallest absolute Gasteiger partial charge is 0.128 e. The molecule has 0 fully saturated rings. The van der Waals surface area contributed by atoms with E-state index in [1.807, 2.05) is 48.7 Å². The van der Waals surface area contributed by atoms with Crippen LogP contribution in [0.3, 0.4) is 0 Å². The first-order valence-electron chi connectivity index (χ1n) is 12.9. The number of nitrogens with one attached hydrogen (secondary N) is 1. The maximum atomic E-state index is 6.29. The van der Waals surface area contributed by atoms with Gasteiger partial charge in [0.25, 0.3) is 0 Å². The molecule has 5 heteroatoms. The molecule has 6 rings (SSSR count). The van der Waals surface area contributed by atoms with Gasteiger partial charge < -0.3 is 10.1 Å². The van der Waals surface area contributed by atoms with E-state index in [4.69, 9.17) is 21.3 Å². The Kier molecular flexibility index (Phi) is 7.10. The third kappa shape index (κ3) is 5.29. The van der Waals surface area contributed by atoms with Crippen LogP contribution in [0.15, 0.2) is 107 Å². The minimum absolute atomic E-state index is 0.273. The Balaban J connectivity index is 1.19. The zero-order valence-corrected chi connectivity index (χ0v) is 23.4. The number of rotatable bonds is 6. The van der Waals surface area contributed by atoms with Crippen molar-refractivity contribution in [2.24, 2.45) is 10.9 Å². The summed E-state index contributed by atoms with van der Waals surface area (Å²) >= 11 is 9.77. The van der Waals surface area contributed by atoms with Gasteiger partial charge >= 0.3 is 0 Å². The molecule has 1 heterocycles. The van der Waals surface area contributed by atoms with Crippen LogP contribution >= 0.6 is 27.5 Å². The molecule has 2 aliphatic rings. The minimum atomic E-state index is 0.273. The number of benzene rings is 4. The highest BCUT2D eigenvalue weighted by Crippen LogP contribution is 2.50. The first kappa shape index (κ1) is 25.0. The van der Waals surface area contributed by atoms with E-state index < -0.39 is 0 Å². The SMILES string of the molecule is Cc1ccc2c(c1)[C@@H]1C=CC[C@H]1[C@H](c1ccc(N=Cc3cc(Cl)ccc3OCc3ccc(Br)cc3)cc1)N2. The van der Waals surface area contributed by atoms with Crippen molar-refractivity contribution in [1.82, 2.24) is 0 Å². The fraction of sp³-hybridized carbons (Fsp3) is 0.182. The van der Waals surface area contributed by atoms with Crippen LogP contribution < -0.4 is 10.1 Å². The van der Waals surface area contributed by atoms with Gasteiger partial charge in [0.1, 0.15) is 12.4 Å². The van der Waals surface area contributed by atoms with Crippen LogP contribution in [-0.4, -0.2) is 6.21 Å². The molecule has 38 heavy (non-hydrogen) atoms. The summed E-state index contributed by atoms with van der Waals surface area (Å²) in [6, 6.07) is 29.3. The highest BCUT2D eigenvalue weighted by molar-refractivity contribution is 9.10. The number of ether oxygens (including phenoxy) is 1. The van der Waals surface area contributed by atoms with Crippen molar-refractivity contribution in [3.8, 4) is 5.75 Å². The number of aryl methyl sites for hydroxylation is 1. The molecule has 0 saturated carbocycles. The summed E-state index contributed by atoms with van der Waals surface area (Å²) in [6.07, 6.45) is 7.64. The molecular formula is C33H28BrClN2O. The van der Waals surface area contributed by atoms with E-state index in [9.17, 15) is 0 Å². The number of halogens is 2. The van der Waals surface area contributed by atoms with Gasteiger partial charge in [-0.15, -0.1) is 0 Å². The summed E-state index contributed by atoms with van der Waals surface area (Å²) in [6.45, 7) is 2.64. The molecule has 0 bridgehead atoms. The number of hydrogen-bond donors (Lipinski definition) is 1. The van der Waals surface area contributed by atoms with Crippen molar-refractivity contribution >= 4 is 45.1 Å². The number of fused-ring (bicyclic) bond motifs is 3. The van der Waals surface area contributed by atoms with Gasteiger partial charge in [0.15, 0.2) is 0 Å². The third-order valence-corrected chi connectivity index (χ3v) is 8.17. The third-order valence-electron chi connectivity index (χ3n) is 7.40. The number of allylic oxidation sites excluding steroid dienone is 2. The average molecular weight is 584 g/mol. The van der Waals surface area contributed by atoms with E-state index in [0.29, 0.717) is 23.5 Å². The van der Waals surface area contributed by atoms with Crippen LogP contribution in [0.25, 0.3) is 0 Å². The molecule has 0 amide bonds. The Morgan fingerprint density at radius 1 is 1.00 bits per heavy atom. The second-order valence-electron chi connectivity index (χ2n) is 10.0. The second-order valence-corrected chi connectivity index (χ2v) is 11.4. The van der Waals surface area contributed by atoms with Crippen molar-refractivity contribution in [2.45, 2.75) is 31.9 Å². The van der Waals surface area contributed by atoms with Gasteiger partial charge in [0.2, 0.25) is 0 Å². The predicted octanol–water partition coefficient (Wildman–Crippen LogP) is 9.57. The highest BCUT2D eigenvalue weighted by Gasteiger charge is 2.37. The predicted molar refractivity (Wildman–Crippen MR) is 161 cm³/mol. The molecule has 0 unspecified atom stereocenters. The Labute approximate surface area is 237 Å². The second kappa shape index (κ2) is 10.8. The molecule has 1 aliphatic heterocycles. The van der Waals surface area contributed by atoms with Gasteiger partial charge in [-0.25, -0.2) is 0 Å². The minimum Gasteiger partial charge on any atom is -0.488 e. The number of nitrogens with zero attached hydrogens (tertiary/aromatic N) is 1. The highest BCUT2D eigenvalue weighted by atomic mass is 79.9. The first-order chi connectivity index (χ1) is 18.5. The van der Waals surface area contributed by atoms with Crippen LogP contribution in [0.5, 0.6) is 5.75 Å². The molecule has 0 saturated heterocycles. The summed E-state index contributed by atoms with van der Waals surface area (Å²) in [4.78, 5) is 4.74. The Morgan fingerprint density at radius 3 is 2.63 bits per heavy atom. The fourth-order valence-corrected chi connectivity index (χ4v) is 5.89. The monoisotopic (exact) mass is 582 g/mol.